The number of rotatable bonds is 5. The highest BCUT2D eigenvalue weighted by molar-refractivity contribution is 7.07. The van der Waals surface area contributed by atoms with Crippen molar-refractivity contribution in [3.8, 4) is 22.8 Å². The molecule has 0 radical (unpaired) electrons. The molecule has 0 amide bonds. The lowest BCUT2D eigenvalue weighted by Gasteiger charge is -2.04. The first-order chi connectivity index (χ1) is 14.2. The van der Waals surface area contributed by atoms with E-state index < -0.39 is 0 Å². The van der Waals surface area contributed by atoms with Gasteiger partial charge in [-0.3, -0.25) is 4.99 Å². The molecule has 5 nitrogen and oxygen atoms in total. The predicted octanol–water partition coefficient (Wildman–Crippen LogP) is 4.61. The maximum atomic E-state index is 9.72. The number of nitrogens with zero attached hydrogens (tertiary/aromatic N) is 3. The molecule has 0 fully saturated rings. The van der Waals surface area contributed by atoms with Gasteiger partial charge in [0.2, 0.25) is 4.80 Å². The van der Waals surface area contributed by atoms with Crippen LogP contribution in [-0.4, -0.2) is 21.1 Å². The van der Waals surface area contributed by atoms with Crippen molar-refractivity contribution >= 4 is 17.6 Å². The molecule has 0 aliphatic carbocycles. The van der Waals surface area contributed by atoms with Gasteiger partial charge < -0.3 is 10.2 Å². The average Bonchev–Trinajstić information content (AvgIpc) is 3.17. The van der Waals surface area contributed by atoms with Crippen molar-refractivity contribution in [1.29, 1.82) is 0 Å². The monoisotopic (exact) mass is 401 g/mol. The van der Waals surface area contributed by atoms with Crippen molar-refractivity contribution in [2.45, 2.75) is 6.54 Å². The molecule has 3 aromatic carbocycles. The van der Waals surface area contributed by atoms with Crippen LogP contribution >= 0.6 is 11.3 Å². The normalized spacial score (nSPS) is 11.9. The molecule has 0 aliphatic heterocycles. The minimum absolute atomic E-state index is 0.158. The third-order valence-electron chi connectivity index (χ3n) is 4.32. The third-order valence-corrected chi connectivity index (χ3v) is 5.17. The third kappa shape index (κ3) is 4.44. The van der Waals surface area contributed by atoms with Crippen LogP contribution in [0.1, 0.15) is 11.1 Å². The second kappa shape index (κ2) is 8.58. The van der Waals surface area contributed by atoms with Crippen molar-refractivity contribution in [2.24, 2.45) is 10.1 Å². The van der Waals surface area contributed by atoms with E-state index in [2.05, 4.69) is 5.10 Å². The number of aromatic nitrogens is 1. The molecular weight excluding hydrogens is 382 g/mol. The molecule has 0 saturated heterocycles. The van der Waals surface area contributed by atoms with E-state index in [9.17, 15) is 10.2 Å². The molecule has 0 bridgehead atoms. The van der Waals surface area contributed by atoms with Gasteiger partial charge in [-0.1, -0.05) is 60.7 Å². The Hall–Kier alpha value is -3.64. The largest absolute Gasteiger partial charge is 0.504 e. The predicted molar refractivity (Wildman–Crippen MR) is 116 cm³/mol. The summed E-state index contributed by atoms with van der Waals surface area (Å²) >= 11 is 1.52. The summed E-state index contributed by atoms with van der Waals surface area (Å²) in [5.41, 5.74) is 3.77. The zero-order valence-electron chi connectivity index (χ0n) is 15.5. The fourth-order valence-electron chi connectivity index (χ4n) is 2.81. The molecule has 0 atom stereocenters. The number of hydrogen-bond donors (Lipinski definition) is 2. The van der Waals surface area contributed by atoms with Gasteiger partial charge >= 0.3 is 0 Å². The second-order valence-electron chi connectivity index (χ2n) is 6.38. The van der Waals surface area contributed by atoms with Crippen molar-refractivity contribution < 1.29 is 10.2 Å². The van der Waals surface area contributed by atoms with Crippen molar-refractivity contribution in [2.75, 3.05) is 0 Å². The SMILES string of the molecule is Oc1ccc(C=Nn2c(-c3ccccc3)csc2=NCc2ccccc2)cc1O. The van der Waals surface area contributed by atoms with Crippen LogP contribution in [0.15, 0.2) is 94.3 Å². The van der Waals surface area contributed by atoms with Crippen LogP contribution in [0.3, 0.4) is 0 Å². The first kappa shape index (κ1) is 18.7. The second-order valence-corrected chi connectivity index (χ2v) is 7.21. The number of benzene rings is 3. The van der Waals surface area contributed by atoms with Gasteiger partial charge in [0.15, 0.2) is 11.5 Å². The summed E-state index contributed by atoms with van der Waals surface area (Å²) in [5, 5.41) is 25.9. The summed E-state index contributed by atoms with van der Waals surface area (Å²) in [6.45, 7) is 0.561. The Kier molecular flexibility index (Phi) is 5.54. The summed E-state index contributed by atoms with van der Waals surface area (Å²) in [6.07, 6.45) is 1.64. The number of aromatic hydroxyl groups is 2. The molecular formula is C23H19N3O2S. The summed E-state index contributed by atoms with van der Waals surface area (Å²) in [6, 6.07) is 24.7. The van der Waals surface area contributed by atoms with Gasteiger partial charge in [-0.25, -0.2) is 4.68 Å². The summed E-state index contributed by atoms with van der Waals surface area (Å²) in [4.78, 5) is 5.52. The Bertz CT molecular complexity index is 1200. The van der Waals surface area contributed by atoms with Crippen molar-refractivity contribution in [1.82, 2.24) is 4.68 Å². The van der Waals surface area contributed by atoms with Gasteiger partial charge in [-0.15, -0.1) is 11.3 Å². The Labute approximate surface area is 172 Å². The zero-order valence-corrected chi connectivity index (χ0v) is 16.3. The van der Waals surface area contributed by atoms with Crippen LogP contribution in [-0.2, 0) is 6.54 Å². The Morgan fingerprint density at radius 3 is 2.31 bits per heavy atom. The van der Waals surface area contributed by atoms with E-state index in [1.54, 1.807) is 17.0 Å². The molecule has 4 aromatic rings. The molecule has 144 valence electrons. The average molecular weight is 401 g/mol. The van der Waals surface area contributed by atoms with Crippen molar-refractivity contribution in [3.05, 3.63) is 100 Å². The van der Waals surface area contributed by atoms with Crippen LogP contribution in [0.5, 0.6) is 11.5 Å². The number of thiazole rings is 1. The van der Waals surface area contributed by atoms with Crippen LogP contribution in [0, 0.1) is 0 Å². The Morgan fingerprint density at radius 2 is 1.59 bits per heavy atom. The van der Waals surface area contributed by atoms with Gasteiger partial charge in [0.1, 0.15) is 0 Å². The van der Waals surface area contributed by atoms with E-state index in [0.29, 0.717) is 12.1 Å². The molecule has 1 heterocycles. The lowest BCUT2D eigenvalue weighted by atomic mass is 10.2. The Morgan fingerprint density at radius 1 is 0.862 bits per heavy atom. The maximum absolute atomic E-state index is 9.72. The maximum Gasteiger partial charge on any atom is 0.206 e. The van der Waals surface area contributed by atoms with Crippen molar-refractivity contribution in [3.63, 3.8) is 0 Å². The minimum atomic E-state index is -0.179. The summed E-state index contributed by atoms with van der Waals surface area (Å²) in [5.74, 6) is -0.338. The van der Waals surface area contributed by atoms with Gasteiger partial charge in [0.25, 0.3) is 0 Å². The van der Waals surface area contributed by atoms with E-state index in [1.807, 2.05) is 66.0 Å². The highest BCUT2D eigenvalue weighted by atomic mass is 32.1. The van der Waals surface area contributed by atoms with Gasteiger partial charge in [0.05, 0.1) is 18.5 Å². The summed E-state index contributed by atoms with van der Waals surface area (Å²) in [7, 11) is 0. The number of phenols is 2. The highest BCUT2D eigenvalue weighted by Gasteiger charge is 2.07. The van der Waals surface area contributed by atoms with E-state index >= 15 is 0 Å². The molecule has 1 aromatic heterocycles. The fourth-order valence-corrected chi connectivity index (χ4v) is 3.65. The topological polar surface area (TPSA) is 70.1 Å². The fraction of sp³-hybridized carbons (Fsp3) is 0.0435. The van der Waals surface area contributed by atoms with Gasteiger partial charge in [0, 0.05) is 10.9 Å². The lowest BCUT2D eigenvalue weighted by molar-refractivity contribution is 0.403. The minimum Gasteiger partial charge on any atom is -0.504 e. The molecule has 2 N–H and O–H groups in total. The van der Waals surface area contributed by atoms with E-state index in [1.165, 1.54) is 23.5 Å². The van der Waals surface area contributed by atoms with Gasteiger partial charge in [-0.2, -0.15) is 5.10 Å². The van der Waals surface area contributed by atoms with E-state index in [-0.39, 0.29) is 11.5 Å². The van der Waals surface area contributed by atoms with Gasteiger partial charge in [-0.05, 0) is 29.3 Å². The number of hydrogen-bond acceptors (Lipinski definition) is 5. The molecule has 4 rings (SSSR count). The molecule has 0 unspecified atom stereocenters. The van der Waals surface area contributed by atoms with Crippen LogP contribution < -0.4 is 4.80 Å². The lowest BCUT2D eigenvalue weighted by Crippen LogP contribution is -2.12. The van der Waals surface area contributed by atoms with E-state index in [0.717, 1.165) is 21.6 Å². The highest BCUT2D eigenvalue weighted by Crippen LogP contribution is 2.24. The van der Waals surface area contributed by atoms with Crippen LogP contribution in [0.2, 0.25) is 0 Å². The smallest absolute Gasteiger partial charge is 0.206 e. The molecule has 0 spiro atoms. The standard InChI is InChI=1S/C23H19N3O2S/c27-21-12-11-18(13-22(21)28)15-25-26-20(19-9-5-2-6-10-19)16-29-23(26)24-14-17-7-3-1-4-8-17/h1-13,15-16,27-28H,14H2. The number of phenolic OH excluding ortho intramolecular Hbond substituents is 2. The first-order valence-corrected chi connectivity index (χ1v) is 9.95. The first-order valence-electron chi connectivity index (χ1n) is 9.07. The van der Waals surface area contributed by atoms with Crippen LogP contribution in [0.4, 0.5) is 0 Å². The molecule has 6 heteroatoms. The Balaban J connectivity index is 1.75. The molecule has 29 heavy (non-hydrogen) atoms. The molecule has 0 aliphatic rings. The summed E-state index contributed by atoms with van der Waals surface area (Å²) < 4.78 is 1.80. The quantitative estimate of drug-likeness (QED) is 0.379. The zero-order chi connectivity index (χ0) is 20.1. The van der Waals surface area contributed by atoms with E-state index in [4.69, 9.17) is 4.99 Å². The molecule has 0 saturated carbocycles. The van der Waals surface area contributed by atoms with Crippen LogP contribution in [0.25, 0.3) is 11.3 Å².